The monoisotopic (exact) mass is 298 g/mol. The summed E-state index contributed by atoms with van der Waals surface area (Å²) in [5.74, 6) is 0.0518. The van der Waals surface area contributed by atoms with Crippen LogP contribution in [0.2, 0.25) is 5.02 Å². The van der Waals surface area contributed by atoms with Crippen molar-refractivity contribution in [2.75, 3.05) is 19.7 Å². The molecular formula is C14H19ClN2O3. The van der Waals surface area contributed by atoms with Gasteiger partial charge in [0.25, 0.3) is 0 Å². The van der Waals surface area contributed by atoms with Crippen LogP contribution in [-0.2, 0) is 16.1 Å². The number of aliphatic hydroxyl groups excluding tert-OH is 1. The van der Waals surface area contributed by atoms with Crippen LogP contribution in [0.4, 0.5) is 0 Å². The van der Waals surface area contributed by atoms with Gasteiger partial charge in [0.05, 0.1) is 19.3 Å². The van der Waals surface area contributed by atoms with Crippen LogP contribution >= 0.6 is 11.6 Å². The summed E-state index contributed by atoms with van der Waals surface area (Å²) >= 11 is 5.79. The fourth-order valence-electron chi connectivity index (χ4n) is 2.00. The Balaban J connectivity index is 1.59. The first-order valence-corrected chi connectivity index (χ1v) is 7.01. The van der Waals surface area contributed by atoms with Gasteiger partial charge in [0.2, 0.25) is 5.91 Å². The third-order valence-electron chi connectivity index (χ3n) is 3.11. The number of hydrogen-bond donors (Lipinski definition) is 3. The van der Waals surface area contributed by atoms with Gasteiger partial charge in [-0.3, -0.25) is 4.79 Å². The van der Waals surface area contributed by atoms with E-state index in [-0.39, 0.29) is 18.6 Å². The van der Waals surface area contributed by atoms with E-state index in [1.54, 1.807) is 0 Å². The summed E-state index contributed by atoms with van der Waals surface area (Å²) < 4.78 is 5.44. The van der Waals surface area contributed by atoms with E-state index >= 15 is 0 Å². The first-order chi connectivity index (χ1) is 9.63. The number of benzene rings is 1. The van der Waals surface area contributed by atoms with Crippen molar-refractivity contribution in [3.8, 4) is 0 Å². The molecule has 1 heterocycles. The average molecular weight is 299 g/mol. The highest BCUT2D eigenvalue weighted by molar-refractivity contribution is 6.30. The number of aliphatic hydroxyl groups is 1. The molecule has 1 fully saturated rings. The number of ether oxygens (including phenoxy) is 1. The average Bonchev–Trinajstić information content (AvgIpc) is 2.85. The van der Waals surface area contributed by atoms with E-state index in [2.05, 4.69) is 10.6 Å². The molecule has 1 amide bonds. The topological polar surface area (TPSA) is 70.6 Å². The van der Waals surface area contributed by atoms with E-state index in [4.69, 9.17) is 16.3 Å². The van der Waals surface area contributed by atoms with Crippen molar-refractivity contribution in [1.29, 1.82) is 0 Å². The molecule has 2 atom stereocenters. The maximum Gasteiger partial charge on any atom is 0.221 e. The normalized spacial score (nSPS) is 19.9. The minimum absolute atomic E-state index is 0.0518. The van der Waals surface area contributed by atoms with E-state index in [1.807, 2.05) is 24.3 Å². The van der Waals surface area contributed by atoms with Gasteiger partial charge in [-0.05, 0) is 17.7 Å². The molecule has 2 unspecified atom stereocenters. The Bertz CT molecular complexity index is 439. The first kappa shape index (κ1) is 15.3. The standard InChI is InChI=1S/C14H19ClN2O3/c15-11-3-1-10(2-4-11)8-20-9-13(18)7-16-12-5-14(19)17-6-12/h1-4,12-13,16,18H,5-9H2,(H,17,19). The molecule has 0 radical (unpaired) electrons. The Morgan fingerprint density at radius 1 is 1.45 bits per heavy atom. The molecule has 0 aliphatic carbocycles. The summed E-state index contributed by atoms with van der Waals surface area (Å²) in [5, 5.41) is 16.4. The van der Waals surface area contributed by atoms with Gasteiger partial charge >= 0.3 is 0 Å². The van der Waals surface area contributed by atoms with E-state index in [0.717, 1.165) is 5.56 Å². The first-order valence-electron chi connectivity index (χ1n) is 6.64. The molecule has 1 saturated heterocycles. The smallest absolute Gasteiger partial charge is 0.221 e. The van der Waals surface area contributed by atoms with Crippen LogP contribution < -0.4 is 10.6 Å². The van der Waals surface area contributed by atoms with Gasteiger partial charge in [0.15, 0.2) is 0 Å². The van der Waals surface area contributed by atoms with E-state index in [1.165, 1.54) is 0 Å². The lowest BCUT2D eigenvalue weighted by Gasteiger charge is -2.15. The molecule has 2 rings (SSSR count). The number of carbonyl (C=O) groups is 1. The number of hydrogen-bond acceptors (Lipinski definition) is 4. The fraction of sp³-hybridized carbons (Fsp3) is 0.500. The lowest BCUT2D eigenvalue weighted by molar-refractivity contribution is -0.119. The Morgan fingerprint density at radius 2 is 2.20 bits per heavy atom. The molecule has 0 spiro atoms. The Hall–Kier alpha value is -1.14. The van der Waals surface area contributed by atoms with Gasteiger partial charge in [-0.2, -0.15) is 0 Å². The largest absolute Gasteiger partial charge is 0.389 e. The summed E-state index contributed by atoms with van der Waals surface area (Å²) in [6, 6.07) is 7.50. The van der Waals surface area contributed by atoms with Crippen molar-refractivity contribution in [2.24, 2.45) is 0 Å². The van der Waals surface area contributed by atoms with Crippen LogP contribution in [-0.4, -0.2) is 42.9 Å². The summed E-state index contributed by atoms with van der Waals surface area (Å²) in [7, 11) is 0. The summed E-state index contributed by atoms with van der Waals surface area (Å²) in [6.07, 6.45) is -0.115. The molecule has 110 valence electrons. The Morgan fingerprint density at radius 3 is 2.85 bits per heavy atom. The van der Waals surface area contributed by atoms with Crippen molar-refractivity contribution < 1.29 is 14.6 Å². The molecule has 0 aromatic heterocycles. The quantitative estimate of drug-likeness (QED) is 0.693. The molecule has 0 bridgehead atoms. The van der Waals surface area contributed by atoms with E-state index in [9.17, 15) is 9.90 Å². The van der Waals surface area contributed by atoms with Gasteiger partial charge in [0, 0.05) is 30.6 Å². The Labute approximate surface area is 123 Å². The molecule has 1 aromatic rings. The number of carbonyl (C=O) groups excluding carboxylic acids is 1. The molecule has 3 N–H and O–H groups in total. The number of nitrogens with one attached hydrogen (secondary N) is 2. The van der Waals surface area contributed by atoms with Crippen molar-refractivity contribution in [3.63, 3.8) is 0 Å². The highest BCUT2D eigenvalue weighted by atomic mass is 35.5. The molecule has 1 aliphatic heterocycles. The molecule has 5 nitrogen and oxygen atoms in total. The van der Waals surface area contributed by atoms with Crippen molar-refractivity contribution >= 4 is 17.5 Å². The number of amides is 1. The minimum Gasteiger partial charge on any atom is -0.389 e. The van der Waals surface area contributed by atoms with Crippen LogP contribution in [0.3, 0.4) is 0 Å². The van der Waals surface area contributed by atoms with Crippen LogP contribution in [0.15, 0.2) is 24.3 Å². The van der Waals surface area contributed by atoms with Crippen molar-refractivity contribution in [1.82, 2.24) is 10.6 Å². The minimum atomic E-state index is -0.585. The number of halogens is 1. The zero-order valence-corrected chi connectivity index (χ0v) is 11.9. The lowest BCUT2D eigenvalue weighted by Crippen LogP contribution is -2.38. The van der Waals surface area contributed by atoms with Gasteiger partial charge in [-0.25, -0.2) is 0 Å². The highest BCUT2D eigenvalue weighted by Gasteiger charge is 2.21. The highest BCUT2D eigenvalue weighted by Crippen LogP contribution is 2.10. The SMILES string of the molecule is O=C1CC(NCC(O)COCc2ccc(Cl)cc2)CN1. The van der Waals surface area contributed by atoms with Crippen LogP contribution in [0.5, 0.6) is 0 Å². The van der Waals surface area contributed by atoms with Crippen LogP contribution in [0.1, 0.15) is 12.0 Å². The maximum atomic E-state index is 11.0. The number of rotatable bonds is 7. The third kappa shape index (κ3) is 5.09. The second kappa shape index (κ2) is 7.59. The molecule has 1 aromatic carbocycles. The lowest BCUT2D eigenvalue weighted by atomic mass is 10.2. The molecular weight excluding hydrogens is 280 g/mol. The van der Waals surface area contributed by atoms with Gasteiger partial charge < -0.3 is 20.5 Å². The third-order valence-corrected chi connectivity index (χ3v) is 3.36. The van der Waals surface area contributed by atoms with Crippen LogP contribution in [0.25, 0.3) is 0 Å². The molecule has 20 heavy (non-hydrogen) atoms. The zero-order valence-electron chi connectivity index (χ0n) is 11.1. The fourth-order valence-corrected chi connectivity index (χ4v) is 2.13. The Kier molecular flexibility index (Phi) is 5.79. The van der Waals surface area contributed by atoms with Crippen molar-refractivity contribution in [3.05, 3.63) is 34.9 Å². The van der Waals surface area contributed by atoms with Gasteiger partial charge in [-0.1, -0.05) is 23.7 Å². The predicted molar refractivity (Wildman–Crippen MR) is 76.5 cm³/mol. The van der Waals surface area contributed by atoms with Gasteiger partial charge in [0.1, 0.15) is 0 Å². The van der Waals surface area contributed by atoms with E-state index in [0.29, 0.717) is 31.1 Å². The second-order valence-electron chi connectivity index (χ2n) is 4.91. The zero-order chi connectivity index (χ0) is 14.4. The summed E-state index contributed by atoms with van der Waals surface area (Å²) in [5.41, 5.74) is 1.01. The van der Waals surface area contributed by atoms with E-state index < -0.39 is 6.10 Å². The summed E-state index contributed by atoms with van der Waals surface area (Å²) in [6.45, 7) is 1.73. The summed E-state index contributed by atoms with van der Waals surface area (Å²) in [4.78, 5) is 11.0. The predicted octanol–water partition coefficient (Wildman–Crippen LogP) is 0.696. The maximum absolute atomic E-state index is 11.0. The van der Waals surface area contributed by atoms with Crippen LogP contribution in [0, 0.1) is 0 Å². The van der Waals surface area contributed by atoms with Gasteiger partial charge in [-0.15, -0.1) is 0 Å². The molecule has 6 heteroatoms. The molecule has 1 aliphatic rings. The second-order valence-corrected chi connectivity index (χ2v) is 5.35. The molecule has 0 saturated carbocycles. The van der Waals surface area contributed by atoms with Crippen molar-refractivity contribution in [2.45, 2.75) is 25.2 Å².